The third kappa shape index (κ3) is 3.68. The van der Waals surface area contributed by atoms with Gasteiger partial charge < -0.3 is 15.0 Å². The van der Waals surface area contributed by atoms with Gasteiger partial charge in [-0.1, -0.05) is 27.2 Å². The lowest BCUT2D eigenvalue weighted by Crippen LogP contribution is -2.40. The first-order valence-corrected chi connectivity index (χ1v) is 7.67. The quantitative estimate of drug-likeness (QED) is 0.904. The summed E-state index contributed by atoms with van der Waals surface area (Å²) in [4.78, 5) is 6.66. The number of nitrogens with zero attached hydrogens (tertiary/aromatic N) is 3. The van der Waals surface area contributed by atoms with E-state index < -0.39 is 0 Å². The minimum absolute atomic E-state index is 0.257. The van der Waals surface area contributed by atoms with E-state index in [2.05, 4.69) is 31.0 Å². The van der Waals surface area contributed by atoms with Crippen molar-refractivity contribution in [2.45, 2.75) is 6.04 Å². The first kappa shape index (κ1) is 14.6. The van der Waals surface area contributed by atoms with E-state index in [1.807, 2.05) is 24.3 Å². The second kappa shape index (κ2) is 6.65. The Morgan fingerprint density at radius 1 is 1.33 bits per heavy atom. The summed E-state index contributed by atoms with van der Waals surface area (Å²) in [6, 6.07) is 7.48. The van der Waals surface area contributed by atoms with Crippen molar-refractivity contribution in [1.29, 1.82) is 0 Å². The zero-order valence-corrected chi connectivity index (χ0v) is 13.1. The van der Waals surface area contributed by atoms with Gasteiger partial charge in [-0.2, -0.15) is 4.98 Å². The van der Waals surface area contributed by atoms with Gasteiger partial charge in [0, 0.05) is 29.7 Å². The van der Waals surface area contributed by atoms with E-state index in [9.17, 15) is 0 Å². The van der Waals surface area contributed by atoms with Crippen molar-refractivity contribution in [3.8, 4) is 11.5 Å². The summed E-state index contributed by atoms with van der Waals surface area (Å²) in [5.74, 6) is 1.03. The van der Waals surface area contributed by atoms with E-state index >= 15 is 0 Å². The van der Waals surface area contributed by atoms with Crippen molar-refractivity contribution < 1.29 is 9.26 Å². The highest BCUT2D eigenvalue weighted by atomic mass is 79.9. The largest absolute Gasteiger partial charge is 0.379 e. The van der Waals surface area contributed by atoms with E-state index in [0.29, 0.717) is 18.3 Å². The minimum Gasteiger partial charge on any atom is -0.379 e. The van der Waals surface area contributed by atoms with Crippen LogP contribution >= 0.6 is 15.9 Å². The van der Waals surface area contributed by atoms with Gasteiger partial charge >= 0.3 is 0 Å². The Balaban J connectivity index is 1.69. The third-order valence-corrected chi connectivity index (χ3v) is 3.90. The fourth-order valence-electron chi connectivity index (χ4n) is 2.27. The molecule has 0 aliphatic carbocycles. The Morgan fingerprint density at radius 2 is 2.14 bits per heavy atom. The van der Waals surface area contributed by atoms with Crippen LogP contribution in [0.5, 0.6) is 0 Å². The molecule has 112 valence electrons. The summed E-state index contributed by atoms with van der Waals surface area (Å²) < 4.78 is 11.6. The van der Waals surface area contributed by atoms with Crippen LogP contribution in [0.3, 0.4) is 0 Å². The molecule has 1 aromatic carbocycles. The second-order valence-electron chi connectivity index (χ2n) is 4.99. The van der Waals surface area contributed by atoms with Gasteiger partial charge in [0.1, 0.15) is 0 Å². The van der Waals surface area contributed by atoms with Gasteiger partial charge in [-0.3, -0.25) is 4.90 Å². The zero-order valence-electron chi connectivity index (χ0n) is 11.5. The van der Waals surface area contributed by atoms with Gasteiger partial charge in [-0.15, -0.1) is 0 Å². The van der Waals surface area contributed by atoms with E-state index in [1.165, 1.54) is 0 Å². The van der Waals surface area contributed by atoms with Crippen molar-refractivity contribution in [3.63, 3.8) is 0 Å². The molecule has 0 radical (unpaired) electrons. The summed E-state index contributed by atoms with van der Waals surface area (Å²) in [6.07, 6.45) is 0. The maximum atomic E-state index is 6.17. The van der Waals surface area contributed by atoms with Crippen LogP contribution in [0, 0.1) is 0 Å². The highest BCUT2D eigenvalue weighted by Gasteiger charge is 2.20. The molecule has 1 atom stereocenters. The van der Waals surface area contributed by atoms with Crippen LogP contribution in [0.4, 0.5) is 0 Å². The first-order chi connectivity index (χ1) is 10.2. The fourth-order valence-corrected chi connectivity index (χ4v) is 2.67. The number of nitrogens with two attached hydrogens (primary N) is 1. The number of morpholine rings is 1. The molecular formula is C14H17BrN4O2. The Hall–Kier alpha value is -1.28. The molecule has 2 N–H and O–H groups in total. The van der Waals surface area contributed by atoms with Gasteiger partial charge in [0.25, 0.3) is 5.89 Å². The molecule has 6 nitrogen and oxygen atoms in total. The lowest BCUT2D eigenvalue weighted by atomic mass is 10.2. The predicted molar refractivity (Wildman–Crippen MR) is 81.6 cm³/mol. The Labute approximate surface area is 131 Å². The number of hydrogen-bond donors (Lipinski definition) is 1. The van der Waals surface area contributed by atoms with Crippen LogP contribution in [0.1, 0.15) is 11.9 Å². The molecule has 1 aromatic heterocycles. The number of aromatic nitrogens is 2. The van der Waals surface area contributed by atoms with Gasteiger partial charge in [0.15, 0.2) is 5.82 Å². The molecule has 21 heavy (non-hydrogen) atoms. The van der Waals surface area contributed by atoms with Gasteiger partial charge in [0.05, 0.1) is 19.3 Å². The van der Waals surface area contributed by atoms with E-state index in [0.717, 1.165) is 36.3 Å². The van der Waals surface area contributed by atoms with Gasteiger partial charge in [-0.25, -0.2) is 0 Å². The van der Waals surface area contributed by atoms with Gasteiger partial charge in [0.2, 0.25) is 0 Å². The van der Waals surface area contributed by atoms with Crippen molar-refractivity contribution in [1.82, 2.24) is 15.0 Å². The summed E-state index contributed by atoms with van der Waals surface area (Å²) in [5.41, 5.74) is 7.05. The lowest BCUT2D eigenvalue weighted by Gasteiger charge is -2.27. The molecule has 0 amide bonds. The predicted octanol–water partition coefficient (Wildman–Crippen LogP) is 1.83. The molecule has 1 aliphatic rings. The third-order valence-electron chi connectivity index (χ3n) is 3.40. The second-order valence-corrected chi connectivity index (χ2v) is 5.90. The monoisotopic (exact) mass is 352 g/mol. The smallest absolute Gasteiger partial charge is 0.258 e. The normalized spacial score (nSPS) is 17.8. The van der Waals surface area contributed by atoms with Crippen LogP contribution < -0.4 is 5.73 Å². The van der Waals surface area contributed by atoms with Crippen molar-refractivity contribution >= 4 is 15.9 Å². The van der Waals surface area contributed by atoms with Gasteiger partial charge in [-0.05, 0) is 18.2 Å². The minimum atomic E-state index is -0.257. The molecule has 1 fully saturated rings. The number of rotatable bonds is 4. The lowest BCUT2D eigenvalue weighted by molar-refractivity contribution is 0.0348. The number of ether oxygens (including phenoxy) is 1. The average Bonchev–Trinajstić information content (AvgIpc) is 2.98. The molecule has 1 saturated heterocycles. The standard InChI is InChI=1S/C14H17BrN4O2/c15-11-3-1-2-10(8-11)14-17-13(18-21-14)12(16)9-19-4-6-20-7-5-19/h1-3,8,12H,4-7,9,16H2. The zero-order chi connectivity index (χ0) is 14.7. The molecule has 0 spiro atoms. The summed E-state index contributed by atoms with van der Waals surface area (Å²) >= 11 is 3.43. The highest BCUT2D eigenvalue weighted by molar-refractivity contribution is 9.10. The molecule has 7 heteroatoms. The number of hydrogen-bond acceptors (Lipinski definition) is 6. The van der Waals surface area contributed by atoms with Crippen molar-refractivity contribution in [2.24, 2.45) is 5.73 Å². The molecule has 0 saturated carbocycles. The van der Waals surface area contributed by atoms with Crippen LogP contribution in [0.2, 0.25) is 0 Å². The van der Waals surface area contributed by atoms with Crippen LogP contribution in [0.15, 0.2) is 33.3 Å². The van der Waals surface area contributed by atoms with E-state index in [4.69, 9.17) is 15.0 Å². The molecule has 0 bridgehead atoms. The van der Waals surface area contributed by atoms with Crippen LogP contribution in [-0.4, -0.2) is 47.9 Å². The molecule has 3 rings (SSSR count). The molecule has 1 unspecified atom stereocenters. The Kier molecular flexibility index (Phi) is 4.64. The maximum absolute atomic E-state index is 6.17. The van der Waals surface area contributed by atoms with Crippen molar-refractivity contribution in [3.05, 3.63) is 34.6 Å². The first-order valence-electron chi connectivity index (χ1n) is 6.87. The molecular weight excluding hydrogens is 336 g/mol. The van der Waals surface area contributed by atoms with Crippen molar-refractivity contribution in [2.75, 3.05) is 32.8 Å². The summed E-state index contributed by atoms with van der Waals surface area (Å²) in [7, 11) is 0. The summed E-state index contributed by atoms with van der Waals surface area (Å²) in [5, 5.41) is 4.00. The summed E-state index contributed by atoms with van der Waals surface area (Å²) in [6.45, 7) is 4.00. The average molecular weight is 353 g/mol. The van der Waals surface area contributed by atoms with Crippen LogP contribution in [0.25, 0.3) is 11.5 Å². The van der Waals surface area contributed by atoms with Crippen LogP contribution in [-0.2, 0) is 4.74 Å². The Morgan fingerprint density at radius 3 is 2.90 bits per heavy atom. The van der Waals surface area contributed by atoms with E-state index in [1.54, 1.807) is 0 Å². The Bertz CT molecular complexity index is 598. The highest BCUT2D eigenvalue weighted by Crippen LogP contribution is 2.22. The number of halogens is 1. The fraction of sp³-hybridized carbons (Fsp3) is 0.429. The molecule has 2 heterocycles. The molecule has 2 aromatic rings. The number of benzene rings is 1. The topological polar surface area (TPSA) is 77.4 Å². The maximum Gasteiger partial charge on any atom is 0.258 e. The van der Waals surface area contributed by atoms with E-state index in [-0.39, 0.29) is 6.04 Å². The molecule has 1 aliphatic heterocycles. The SMILES string of the molecule is NC(CN1CCOCC1)c1noc(-c2cccc(Br)c2)n1.